The molecule has 1 aliphatic heterocycles. The first-order valence-corrected chi connectivity index (χ1v) is 13.8. The molecule has 3 aliphatic rings. The minimum absolute atomic E-state index is 0.0307. The number of hydrogen-bond donors (Lipinski definition) is 5. The Labute approximate surface area is 219 Å². The third-order valence-corrected chi connectivity index (χ3v) is 7.97. The molecule has 3 amide bonds. The van der Waals surface area contributed by atoms with Gasteiger partial charge in [0.1, 0.15) is 17.8 Å². The van der Waals surface area contributed by atoms with Crippen LogP contribution < -0.4 is 16.0 Å². The number of unbranched alkanes of at least 4 members (excludes halogenated alkanes) is 4. The zero-order chi connectivity index (χ0) is 27.2. The van der Waals surface area contributed by atoms with Crippen LogP contribution in [0.15, 0.2) is 12.2 Å². The summed E-state index contributed by atoms with van der Waals surface area (Å²) in [5, 5.41) is 28.8. The molecule has 0 aromatic heterocycles. The molecule has 10 heteroatoms. The van der Waals surface area contributed by atoms with Gasteiger partial charge in [0.2, 0.25) is 5.91 Å². The van der Waals surface area contributed by atoms with Crippen molar-refractivity contribution in [1.29, 1.82) is 0 Å². The minimum atomic E-state index is -1.18. The van der Waals surface area contributed by atoms with Gasteiger partial charge in [-0.25, -0.2) is 4.79 Å². The molecule has 37 heavy (non-hydrogen) atoms. The molecule has 5 N–H and O–H groups in total. The summed E-state index contributed by atoms with van der Waals surface area (Å²) in [5.74, 6) is -1.46. The molecular weight excluding hydrogens is 476 g/mol. The second-order valence-electron chi connectivity index (χ2n) is 11.0. The minimum Gasteiger partial charge on any atom is -0.480 e. The maximum Gasteiger partial charge on any atom is 0.324 e. The number of amides is 3. The fourth-order valence-electron chi connectivity index (χ4n) is 5.44. The van der Waals surface area contributed by atoms with Crippen LogP contribution in [-0.2, 0) is 14.4 Å². The summed E-state index contributed by atoms with van der Waals surface area (Å²) < 4.78 is 0. The molecule has 0 aromatic rings. The van der Waals surface area contributed by atoms with Crippen molar-refractivity contribution >= 4 is 23.7 Å². The van der Waals surface area contributed by atoms with E-state index >= 15 is 0 Å². The summed E-state index contributed by atoms with van der Waals surface area (Å²) >= 11 is 0. The Morgan fingerprint density at radius 1 is 1.11 bits per heavy atom. The van der Waals surface area contributed by atoms with E-state index in [1.165, 1.54) is 11.3 Å². The van der Waals surface area contributed by atoms with Gasteiger partial charge in [0, 0.05) is 12.5 Å². The van der Waals surface area contributed by atoms with Crippen molar-refractivity contribution in [2.75, 3.05) is 13.1 Å². The predicted molar refractivity (Wildman–Crippen MR) is 139 cm³/mol. The van der Waals surface area contributed by atoms with Crippen LogP contribution in [0.2, 0.25) is 0 Å². The van der Waals surface area contributed by atoms with Gasteiger partial charge in [-0.15, -0.1) is 0 Å². The molecule has 0 radical (unpaired) electrons. The number of urea groups is 1. The van der Waals surface area contributed by atoms with Gasteiger partial charge in [0.05, 0.1) is 12.6 Å². The largest absolute Gasteiger partial charge is 0.480 e. The van der Waals surface area contributed by atoms with Crippen LogP contribution in [0, 0.1) is 11.8 Å². The van der Waals surface area contributed by atoms with Gasteiger partial charge in [-0.05, 0) is 51.4 Å². The number of carbonyl (C=O) groups excluding carboxylic acids is 3. The molecule has 2 aliphatic carbocycles. The van der Waals surface area contributed by atoms with Gasteiger partial charge in [-0.3, -0.25) is 19.7 Å². The highest BCUT2D eigenvalue weighted by Gasteiger charge is 2.61. The summed E-state index contributed by atoms with van der Waals surface area (Å²) in [5.41, 5.74) is -0.607. The van der Waals surface area contributed by atoms with E-state index in [1.54, 1.807) is 6.92 Å². The highest BCUT2D eigenvalue weighted by Crippen LogP contribution is 2.47. The summed E-state index contributed by atoms with van der Waals surface area (Å²) in [4.78, 5) is 51.2. The first kappa shape index (κ1) is 29.1. The lowest BCUT2D eigenvalue weighted by Gasteiger charge is -2.31. The summed E-state index contributed by atoms with van der Waals surface area (Å²) in [6, 6.07) is -1.98. The van der Waals surface area contributed by atoms with E-state index in [4.69, 9.17) is 0 Å². The van der Waals surface area contributed by atoms with Gasteiger partial charge < -0.3 is 25.7 Å². The zero-order valence-electron chi connectivity index (χ0n) is 22.3. The molecule has 2 unspecified atom stereocenters. The molecule has 0 spiro atoms. The fraction of sp³-hybridized carbons (Fsp3) is 0.778. The normalized spacial score (nSPS) is 26.3. The number of aliphatic hydroxyl groups excluding tert-OH is 1. The van der Waals surface area contributed by atoms with Crippen LogP contribution in [-0.4, -0.2) is 75.7 Å². The van der Waals surface area contributed by atoms with E-state index in [2.05, 4.69) is 29.5 Å². The van der Waals surface area contributed by atoms with Crippen LogP contribution in [0.3, 0.4) is 0 Å². The SMILES string of the molecule is C=C(C)[C@H](NC(=O)NCC(=O)N1CCC[C@H]1C(O)N[C@]1(C(=O)O)CC1CCCCCCC)C(=O)C1CC1. The van der Waals surface area contributed by atoms with Crippen LogP contribution in [0.1, 0.15) is 84.5 Å². The topological polar surface area (TPSA) is 148 Å². The molecule has 3 fully saturated rings. The van der Waals surface area contributed by atoms with Crippen molar-refractivity contribution in [3.05, 3.63) is 12.2 Å². The number of nitrogens with zero attached hydrogens (tertiary/aromatic N) is 1. The number of rotatable bonds is 16. The Hall–Kier alpha value is -2.46. The van der Waals surface area contributed by atoms with Gasteiger partial charge in [-0.2, -0.15) is 0 Å². The lowest BCUT2D eigenvalue weighted by atomic mass is 10.0. The average molecular weight is 521 g/mol. The standard InChI is InChI=1S/C27H44N4O6/c1-4-5-6-7-8-10-19-15-27(19,25(35)36)30-24(34)20-11-9-14-31(20)21(32)16-28-26(37)29-22(17(2)3)23(33)18-12-13-18/h18-20,22,24,30,34H,2,4-16H2,1,3H3,(H,35,36)(H2,28,29,37)/t19?,20-,22-,24?,27+/m0/s1. The molecule has 2 saturated carbocycles. The van der Waals surface area contributed by atoms with Crippen molar-refractivity contribution < 1.29 is 29.4 Å². The molecule has 0 bridgehead atoms. The van der Waals surface area contributed by atoms with Crippen molar-refractivity contribution in [1.82, 2.24) is 20.9 Å². The van der Waals surface area contributed by atoms with E-state index in [0.717, 1.165) is 44.9 Å². The third kappa shape index (κ3) is 7.54. The molecular formula is C27H44N4O6. The van der Waals surface area contributed by atoms with Crippen LogP contribution in [0.5, 0.6) is 0 Å². The number of nitrogens with one attached hydrogen (secondary N) is 3. The number of Topliss-reactive ketones (excluding diaryl/α,β-unsaturated/α-hetero) is 1. The predicted octanol–water partition coefficient (Wildman–Crippen LogP) is 2.31. The number of likely N-dealkylation sites (tertiary alicyclic amines) is 1. The van der Waals surface area contributed by atoms with Crippen molar-refractivity contribution in [3.8, 4) is 0 Å². The summed E-state index contributed by atoms with van der Waals surface area (Å²) in [7, 11) is 0. The quantitative estimate of drug-likeness (QED) is 0.119. The second-order valence-corrected chi connectivity index (χ2v) is 11.0. The Bertz CT molecular complexity index is 875. The van der Waals surface area contributed by atoms with Gasteiger partial charge in [0.15, 0.2) is 5.78 Å². The Morgan fingerprint density at radius 3 is 2.43 bits per heavy atom. The van der Waals surface area contributed by atoms with Crippen molar-refractivity contribution in [2.24, 2.45) is 11.8 Å². The lowest BCUT2D eigenvalue weighted by Crippen LogP contribution is -2.57. The fourth-order valence-corrected chi connectivity index (χ4v) is 5.44. The maximum atomic E-state index is 12.9. The Morgan fingerprint density at radius 2 is 1.81 bits per heavy atom. The number of carboxylic acid groups (broad SMARTS) is 1. The van der Waals surface area contributed by atoms with Gasteiger partial charge >= 0.3 is 12.0 Å². The Balaban J connectivity index is 1.48. The summed E-state index contributed by atoms with van der Waals surface area (Å²) in [6.45, 7) is 7.75. The molecule has 1 saturated heterocycles. The average Bonchev–Trinajstić information content (AvgIpc) is 3.77. The molecule has 1 heterocycles. The number of aliphatic carboxylic acids is 1. The molecule has 5 atom stereocenters. The number of hydrogen-bond acceptors (Lipinski definition) is 6. The van der Waals surface area contributed by atoms with E-state index in [9.17, 15) is 29.4 Å². The molecule has 3 rings (SSSR count). The van der Waals surface area contributed by atoms with Gasteiger partial charge in [0.25, 0.3) is 0 Å². The number of carboxylic acids is 1. The smallest absolute Gasteiger partial charge is 0.324 e. The van der Waals surface area contributed by atoms with E-state index in [-0.39, 0.29) is 30.1 Å². The lowest BCUT2D eigenvalue weighted by molar-refractivity contribution is -0.143. The number of ketones is 1. The van der Waals surface area contributed by atoms with E-state index in [1.807, 2.05) is 0 Å². The zero-order valence-corrected chi connectivity index (χ0v) is 22.3. The summed E-state index contributed by atoms with van der Waals surface area (Å²) in [6.07, 6.45) is 8.49. The van der Waals surface area contributed by atoms with Crippen molar-refractivity contribution in [2.45, 2.75) is 108 Å². The molecule has 0 aromatic carbocycles. The molecule has 208 valence electrons. The third-order valence-electron chi connectivity index (χ3n) is 7.97. The number of aliphatic hydroxyl groups is 1. The van der Waals surface area contributed by atoms with Crippen molar-refractivity contribution in [3.63, 3.8) is 0 Å². The van der Waals surface area contributed by atoms with E-state index < -0.39 is 35.9 Å². The van der Waals surface area contributed by atoms with E-state index in [0.29, 0.717) is 31.4 Å². The number of carbonyl (C=O) groups is 4. The maximum absolute atomic E-state index is 12.9. The highest BCUT2D eigenvalue weighted by atomic mass is 16.4. The first-order chi connectivity index (χ1) is 17.6. The van der Waals surface area contributed by atoms with Gasteiger partial charge in [-0.1, -0.05) is 51.2 Å². The van der Waals surface area contributed by atoms with Crippen LogP contribution in [0.4, 0.5) is 4.79 Å². The molecule has 10 nitrogen and oxygen atoms in total. The highest BCUT2D eigenvalue weighted by molar-refractivity contribution is 5.94. The van der Waals surface area contributed by atoms with Crippen LogP contribution in [0.25, 0.3) is 0 Å². The second kappa shape index (κ2) is 12.9. The monoisotopic (exact) mass is 520 g/mol. The Kier molecular flexibility index (Phi) is 10.1. The first-order valence-electron chi connectivity index (χ1n) is 13.8. The van der Waals surface area contributed by atoms with Crippen LogP contribution >= 0.6 is 0 Å².